The Kier molecular flexibility index (Phi) is 5.32. The van der Waals surface area contributed by atoms with Gasteiger partial charge in [-0.15, -0.1) is 11.8 Å². The SMILES string of the molecule is CC(=O)c1ccc(SCC(C)CO)cc1Cl. The van der Waals surface area contributed by atoms with Crippen LogP contribution >= 0.6 is 23.4 Å². The zero-order chi connectivity index (χ0) is 12.1. The van der Waals surface area contributed by atoms with Crippen molar-refractivity contribution < 1.29 is 9.90 Å². The maximum Gasteiger partial charge on any atom is 0.161 e. The van der Waals surface area contributed by atoms with Gasteiger partial charge in [0.2, 0.25) is 0 Å². The molecule has 1 N–H and O–H groups in total. The molecule has 1 atom stereocenters. The monoisotopic (exact) mass is 258 g/mol. The molecule has 0 bridgehead atoms. The smallest absolute Gasteiger partial charge is 0.161 e. The van der Waals surface area contributed by atoms with Crippen molar-refractivity contribution in [3.8, 4) is 0 Å². The fraction of sp³-hybridized carbons (Fsp3) is 0.417. The molecule has 0 saturated carbocycles. The number of hydrogen-bond donors (Lipinski definition) is 1. The van der Waals surface area contributed by atoms with Crippen molar-refractivity contribution in [2.45, 2.75) is 18.7 Å². The fourth-order valence-electron chi connectivity index (χ4n) is 1.16. The molecule has 4 heteroatoms. The quantitative estimate of drug-likeness (QED) is 0.651. The Labute approximate surface area is 105 Å². The topological polar surface area (TPSA) is 37.3 Å². The molecule has 0 heterocycles. The average Bonchev–Trinajstić information content (AvgIpc) is 2.25. The predicted octanol–water partition coefficient (Wildman–Crippen LogP) is 3.26. The van der Waals surface area contributed by atoms with Crippen LogP contribution in [0.4, 0.5) is 0 Å². The van der Waals surface area contributed by atoms with Crippen LogP contribution in [0.25, 0.3) is 0 Å². The van der Waals surface area contributed by atoms with Gasteiger partial charge < -0.3 is 5.11 Å². The Morgan fingerprint density at radius 3 is 2.75 bits per heavy atom. The lowest BCUT2D eigenvalue weighted by atomic mass is 10.1. The van der Waals surface area contributed by atoms with Gasteiger partial charge in [-0.25, -0.2) is 0 Å². The highest BCUT2D eigenvalue weighted by Gasteiger charge is 2.07. The summed E-state index contributed by atoms with van der Waals surface area (Å²) in [6.07, 6.45) is 0. The molecule has 88 valence electrons. The second-order valence-electron chi connectivity index (χ2n) is 3.80. The van der Waals surface area contributed by atoms with E-state index in [4.69, 9.17) is 16.7 Å². The number of carbonyl (C=O) groups excluding carboxylic acids is 1. The van der Waals surface area contributed by atoms with Gasteiger partial charge in [0, 0.05) is 22.8 Å². The minimum atomic E-state index is -0.0229. The molecule has 0 aliphatic heterocycles. The molecule has 0 aliphatic carbocycles. The van der Waals surface area contributed by atoms with Crippen LogP contribution in [0, 0.1) is 5.92 Å². The van der Waals surface area contributed by atoms with Crippen LogP contribution in [0.5, 0.6) is 0 Å². The van der Waals surface area contributed by atoms with E-state index in [9.17, 15) is 4.79 Å². The molecular formula is C12H15ClO2S. The zero-order valence-corrected chi connectivity index (χ0v) is 10.9. The standard InChI is InChI=1S/C12H15ClO2S/c1-8(6-14)7-16-10-3-4-11(9(2)15)12(13)5-10/h3-5,8,14H,6-7H2,1-2H3. The van der Waals surface area contributed by atoms with E-state index in [2.05, 4.69) is 0 Å². The summed E-state index contributed by atoms with van der Waals surface area (Å²) in [4.78, 5) is 12.2. The predicted molar refractivity (Wildman–Crippen MR) is 68.4 cm³/mol. The van der Waals surface area contributed by atoms with E-state index in [1.807, 2.05) is 13.0 Å². The maximum atomic E-state index is 11.2. The Morgan fingerprint density at radius 1 is 1.56 bits per heavy atom. The third-order valence-corrected chi connectivity index (χ3v) is 3.80. The fourth-order valence-corrected chi connectivity index (χ4v) is 2.49. The number of Topliss-reactive ketones (excluding diaryl/α,β-unsaturated/α-hetero) is 1. The van der Waals surface area contributed by atoms with Crippen molar-refractivity contribution in [3.05, 3.63) is 28.8 Å². The number of aliphatic hydroxyl groups excluding tert-OH is 1. The van der Waals surface area contributed by atoms with Crippen LogP contribution in [0.15, 0.2) is 23.1 Å². The second kappa shape index (κ2) is 6.28. The van der Waals surface area contributed by atoms with Gasteiger partial charge in [-0.2, -0.15) is 0 Å². The van der Waals surface area contributed by atoms with Crippen molar-refractivity contribution in [3.63, 3.8) is 0 Å². The van der Waals surface area contributed by atoms with Crippen molar-refractivity contribution in [2.75, 3.05) is 12.4 Å². The summed E-state index contributed by atoms with van der Waals surface area (Å²) in [5.74, 6) is 1.08. The van der Waals surface area contributed by atoms with E-state index in [0.29, 0.717) is 10.6 Å². The number of carbonyl (C=O) groups is 1. The Hall–Kier alpha value is -0.510. The highest BCUT2D eigenvalue weighted by Crippen LogP contribution is 2.26. The van der Waals surface area contributed by atoms with E-state index in [-0.39, 0.29) is 18.3 Å². The van der Waals surface area contributed by atoms with Gasteiger partial charge >= 0.3 is 0 Å². The summed E-state index contributed by atoms with van der Waals surface area (Å²) >= 11 is 7.62. The minimum Gasteiger partial charge on any atom is -0.396 e. The summed E-state index contributed by atoms with van der Waals surface area (Å²) in [6.45, 7) is 3.67. The van der Waals surface area contributed by atoms with Crippen LogP contribution < -0.4 is 0 Å². The third-order valence-electron chi connectivity index (χ3n) is 2.17. The number of thioether (sulfide) groups is 1. The van der Waals surface area contributed by atoms with E-state index in [0.717, 1.165) is 10.6 Å². The van der Waals surface area contributed by atoms with Gasteiger partial charge in [-0.05, 0) is 31.0 Å². The van der Waals surface area contributed by atoms with Crippen LogP contribution in [0.1, 0.15) is 24.2 Å². The number of hydrogen-bond acceptors (Lipinski definition) is 3. The van der Waals surface area contributed by atoms with Gasteiger partial charge in [0.25, 0.3) is 0 Å². The number of halogens is 1. The first-order chi connectivity index (χ1) is 7.54. The first-order valence-corrected chi connectivity index (χ1v) is 6.45. The van der Waals surface area contributed by atoms with Crippen molar-refractivity contribution >= 4 is 29.1 Å². The van der Waals surface area contributed by atoms with Gasteiger partial charge in [-0.1, -0.05) is 18.5 Å². The van der Waals surface area contributed by atoms with Gasteiger partial charge in [-0.3, -0.25) is 4.79 Å². The Bertz CT molecular complexity index is 379. The molecule has 1 unspecified atom stereocenters. The summed E-state index contributed by atoms with van der Waals surface area (Å²) in [5.41, 5.74) is 0.557. The summed E-state index contributed by atoms with van der Waals surface area (Å²) in [5, 5.41) is 9.39. The van der Waals surface area contributed by atoms with Crippen molar-refractivity contribution in [1.82, 2.24) is 0 Å². The number of rotatable bonds is 5. The van der Waals surface area contributed by atoms with Crippen LogP contribution in [0.3, 0.4) is 0 Å². The molecule has 1 aromatic rings. The lowest BCUT2D eigenvalue weighted by Crippen LogP contribution is -2.03. The summed E-state index contributed by atoms with van der Waals surface area (Å²) < 4.78 is 0. The van der Waals surface area contributed by atoms with Crippen LogP contribution in [-0.4, -0.2) is 23.2 Å². The normalized spacial score (nSPS) is 12.5. The molecule has 2 nitrogen and oxygen atoms in total. The number of aliphatic hydroxyl groups is 1. The maximum absolute atomic E-state index is 11.2. The Morgan fingerprint density at radius 2 is 2.25 bits per heavy atom. The highest BCUT2D eigenvalue weighted by atomic mass is 35.5. The molecular weight excluding hydrogens is 244 g/mol. The first-order valence-electron chi connectivity index (χ1n) is 5.08. The molecule has 0 aromatic heterocycles. The highest BCUT2D eigenvalue weighted by molar-refractivity contribution is 7.99. The summed E-state index contributed by atoms with van der Waals surface area (Å²) in [7, 11) is 0. The second-order valence-corrected chi connectivity index (χ2v) is 5.30. The third kappa shape index (κ3) is 3.81. The van der Waals surface area contributed by atoms with Crippen LogP contribution in [0.2, 0.25) is 5.02 Å². The van der Waals surface area contributed by atoms with Gasteiger partial charge in [0.05, 0.1) is 5.02 Å². The molecule has 0 amide bonds. The van der Waals surface area contributed by atoms with E-state index in [1.54, 1.807) is 23.9 Å². The lowest BCUT2D eigenvalue weighted by molar-refractivity contribution is 0.101. The first kappa shape index (κ1) is 13.6. The molecule has 0 aliphatic rings. The molecule has 0 saturated heterocycles. The van der Waals surface area contributed by atoms with E-state index in [1.165, 1.54) is 6.92 Å². The molecule has 0 fully saturated rings. The molecule has 1 rings (SSSR count). The van der Waals surface area contributed by atoms with Gasteiger partial charge in [0.15, 0.2) is 5.78 Å². The molecule has 0 radical (unpaired) electrons. The lowest BCUT2D eigenvalue weighted by Gasteiger charge is -2.08. The molecule has 0 spiro atoms. The average molecular weight is 259 g/mol. The largest absolute Gasteiger partial charge is 0.396 e. The molecule has 16 heavy (non-hydrogen) atoms. The molecule has 1 aromatic carbocycles. The van der Waals surface area contributed by atoms with Crippen LogP contribution in [-0.2, 0) is 0 Å². The van der Waals surface area contributed by atoms with E-state index < -0.39 is 0 Å². The zero-order valence-electron chi connectivity index (χ0n) is 9.37. The van der Waals surface area contributed by atoms with E-state index >= 15 is 0 Å². The minimum absolute atomic E-state index is 0.0229. The Balaban J connectivity index is 2.70. The number of benzene rings is 1. The number of ketones is 1. The van der Waals surface area contributed by atoms with Crippen molar-refractivity contribution in [1.29, 1.82) is 0 Å². The van der Waals surface area contributed by atoms with Gasteiger partial charge in [0.1, 0.15) is 0 Å². The van der Waals surface area contributed by atoms with Crippen molar-refractivity contribution in [2.24, 2.45) is 5.92 Å². The summed E-state index contributed by atoms with van der Waals surface area (Å²) in [6, 6.07) is 5.43.